The maximum Gasteiger partial charge on any atom is 0.215 e. The zero-order valence-corrected chi connectivity index (χ0v) is 8.34. The van der Waals surface area contributed by atoms with Gasteiger partial charge < -0.3 is 0 Å². The van der Waals surface area contributed by atoms with E-state index in [0.717, 1.165) is 12.0 Å². The molecule has 0 atom stereocenters. The second-order valence-corrected chi connectivity index (χ2v) is 4.70. The summed E-state index contributed by atoms with van der Waals surface area (Å²) in [6.45, 7) is 0. The first-order valence-corrected chi connectivity index (χ1v) is 5.73. The predicted molar refractivity (Wildman–Crippen MR) is 53.8 cm³/mol. The second-order valence-electron chi connectivity index (χ2n) is 2.77. The van der Waals surface area contributed by atoms with E-state index in [-0.39, 0.29) is 5.75 Å². The first kappa shape index (κ1) is 10.2. The van der Waals surface area contributed by atoms with Crippen molar-refractivity contribution in [1.29, 1.82) is 0 Å². The van der Waals surface area contributed by atoms with E-state index < -0.39 is 10.0 Å². The van der Waals surface area contributed by atoms with Crippen molar-refractivity contribution in [1.82, 2.24) is 4.72 Å². The van der Waals surface area contributed by atoms with Gasteiger partial charge in [-0.3, -0.25) is 0 Å². The van der Waals surface area contributed by atoms with Crippen LogP contribution in [-0.4, -0.2) is 21.2 Å². The fourth-order valence-electron chi connectivity index (χ4n) is 1.01. The number of sulfonamides is 1. The molecular weight excluding hydrogens is 186 g/mol. The topological polar surface area (TPSA) is 46.2 Å². The molecule has 0 aromatic heterocycles. The molecule has 0 radical (unpaired) electrons. The predicted octanol–water partition coefficient (Wildman–Crippen LogP) is 0.978. The van der Waals surface area contributed by atoms with E-state index in [1.54, 1.807) is 0 Å². The number of allylic oxidation sites excluding steroid dienone is 5. The zero-order valence-electron chi connectivity index (χ0n) is 7.53. The van der Waals surface area contributed by atoms with Gasteiger partial charge in [-0.25, -0.2) is 13.1 Å². The van der Waals surface area contributed by atoms with Gasteiger partial charge in [-0.05, 0) is 19.0 Å². The van der Waals surface area contributed by atoms with E-state index >= 15 is 0 Å². The summed E-state index contributed by atoms with van der Waals surface area (Å²) in [5.41, 5.74) is 0.808. The SMILES string of the molecule is CNS(=O)(=O)CC1=CC=CCC=C1. The van der Waals surface area contributed by atoms with Crippen molar-refractivity contribution in [3.8, 4) is 0 Å². The molecule has 0 aromatic carbocycles. The van der Waals surface area contributed by atoms with Crippen LogP contribution >= 0.6 is 0 Å². The maximum absolute atomic E-state index is 11.2. The summed E-state index contributed by atoms with van der Waals surface area (Å²) in [6, 6.07) is 0. The van der Waals surface area contributed by atoms with Crippen LogP contribution in [0.5, 0.6) is 0 Å². The largest absolute Gasteiger partial charge is 0.218 e. The summed E-state index contributed by atoms with van der Waals surface area (Å²) in [5, 5.41) is 0. The molecule has 3 nitrogen and oxygen atoms in total. The molecule has 0 aromatic rings. The van der Waals surface area contributed by atoms with Crippen molar-refractivity contribution in [3.63, 3.8) is 0 Å². The Bertz CT molecular complexity index is 350. The quantitative estimate of drug-likeness (QED) is 0.736. The average Bonchev–Trinajstić information content (AvgIpc) is 2.32. The highest BCUT2D eigenvalue weighted by molar-refractivity contribution is 7.89. The molecule has 4 heteroatoms. The monoisotopic (exact) mass is 199 g/mol. The molecule has 0 aliphatic heterocycles. The van der Waals surface area contributed by atoms with Crippen LogP contribution in [0.3, 0.4) is 0 Å². The van der Waals surface area contributed by atoms with Gasteiger partial charge in [0, 0.05) is 0 Å². The summed E-state index contributed by atoms with van der Waals surface area (Å²) < 4.78 is 24.6. The minimum Gasteiger partial charge on any atom is -0.218 e. The van der Waals surface area contributed by atoms with Gasteiger partial charge in [0.2, 0.25) is 10.0 Å². The van der Waals surface area contributed by atoms with Crippen molar-refractivity contribution in [3.05, 3.63) is 36.0 Å². The second kappa shape index (κ2) is 4.39. The Hall–Kier alpha value is -0.870. The van der Waals surface area contributed by atoms with Gasteiger partial charge in [0.05, 0.1) is 5.75 Å². The van der Waals surface area contributed by atoms with Crippen molar-refractivity contribution in [2.45, 2.75) is 6.42 Å². The smallest absolute Gasteiger partial charge is 0.215 e. The average molecular weight is 199 g/mol. The lowest BCUT2D eigenvalue weighted by atomic mass is 10.3. The van der Waals surface area contributed by atoms with Crippen LogP contribution in [0.4, 0.5) is 0 Å². The first-order chi connectivity index (χ1) is 6.14. The number of rotatable bonds is 3. The van der Waals surface area contributed by atoms with Crippen LogP contribution in [0.25, 0.3) is 0 Å². The van der Waals surface area contributed by atoms with Crippen LogP contribution < -0.4 is 4.72 Å². The zero-order chi connectivity index (χ0) is 9.73. The molecule has 0 saturated carbocycles. The van der Waals surface area contributed by atoms with Crippen LogP contribution in [0.15, 0.2) is 36.0 Å². The lowest BCUT2D eigenvalue weighted by Crippen LogP contribution is -2.22. The molecule has 72 valence electrons. The Labute approximate surface area is 78.9 Å². The molecule has 1 rings (SSSR count). The van der Waals surface area contributed by atoms with E-state index in [0.29, 0.717) is 0 Å². The standard InChI is InChI=1S/C9H13NO2S/c1-10-13(11,12)8-9-6-4-2-3-5-7-9/h2,4-7,10H,3,8H2,1H3. The lowest BCUT2D eigenvalue weighted by Gasteiger charge is -2.01. The molecule has 1 aliphatic carbocycles. The molecule has 13 heavy (non-hydrogen) atoms. The third-order valence-corrected chi connectivity index (χ3v) is 3.05. The number of hydrogen-bond acceptors (Lipinski definition) is 2. The summed E-state index contributed by atoms with van der Waals surface area (Å²) in [4.78, 5) is 0. The summed E-state index contributed by atoms with van der Waals surface area (Å²) in [5.74, 6) is 0.0460. The summed E-state index contributed by atoms with van der Waals surface area (Å²) in [7, 11) is -1.72. The first-order valence-electron chi connectivity index (χ1n) is 4.07. The van der Waals surface area contributed by atoms with Gasteiger partial charge in [0.1, 0.15) is 0 Å². The van der Waals surface area contributed by atoms with E-state index in [1.165, 1.54) is 7.05 Å². The molecular formula is C9H13NO2S. The molecule has 0 fully saturated rings. The van der Waals surface area contributed by atoms with Crippen LogP contribution in [0, 0.1) is 0 Å². The Kier molecular flexibility index (Phi) is 3.45. The molecule has 1 N–H and O–H groups in total. The summed E-state index contributed by atoms with van der Waals surface area (Å²) in [6.07, 6.45) is 10.3. The lowest BCUT2D eigenvalue weighted by molar-refractivity contribution is 0.591. The normalized spacial score (nSPS) is 16.8. The molecule has 0 heterocycles. The molecule has 0 saturated heterocycles. The molecule has 1 aliphatic rings. The van der Waals surface area contributed by atoms with E-state index in [1.807, 2.05) is 30.4 Å². The molecule has 0 spiro atoms. The maximum atomic E-state index is 11.2. The fraction of sp³-hybridized carbons (Fsp3) is 0.333. The van der Waals surface area contributed by atoms with Gasteiger partial charge in [-0.2, -0.15) is 0 Å². The van der Waals surface area contributed by atoms with Gasteiger partial charge in [0.15, 0.2) is 0 Å². The highest BCUT2D eigenvalue weighted by Gasteiger charge is 2.08. The Morgan fingerprint density at radius 2 is 2.23 bits per heavy atom. The van der Waals surface area contributed by atoms with E-state index in [4.69, 9.17) is 0 Å². The Morgan fingerprint density at radius 3 is 2.92 bits per heavy atom. The fourth-order valence-corrected chi connectivity index (χ4v) is 1.79. The van der Waals surface area contributed by atoms with Crippen molar-refractivity contribution < 1.29 is 8.42 Å². The van der Waals surface area contributed by atoms with Gasteiger partial charge in [0.25, 0.3) is 0 Å². The molecule has 0 unspecified atom stereocenters. The third-order valence-electron chi connectivity index (χ3n) is 1.72. The van der Waals surface area contributed by atoms with Crippen molar-refractivity contribution >= 4 is 10.0 Å². The molecule has 0 amide bonds. The number of hydrogen-bond donors (Lipinski definition) is 1. The van der Waals surface area contributed by atoms with Crippen LogP contribution in [-0.2, 0) is 10.0 Å². The van der Waals surface area contributed by atoms with Crippen LogP contribution in [0.2, 0.25) is 0 Å². The minimum absolute atomic E-state index is 0.0460. The highest BCUT2D eigenvalue weighted by atomic mass is 32.2. The van der Waals surface area contributed by atoms with Gasteiger partial charge in [-0.1, -0.05) is 30.4 Å². The van der Waals surface area contributed by atoms with Crippen LogP contribution in [0.1, 0.15) is 6.42 Å². The van der Waals surface area contributed by atoms with Gasteiger partial charge >= 0.3 is 0 Å². The van der Waals surface area contributed by atoms with E-state index in [2.05, 4.69) is 4.72 Å². The highest BCUT2D eigenvalue weighted by Crippen LogP contribution is 2.06. The van der Waals surface area contributed by atoms with Gasteiger partial charge in [-0.15, -0.1) is 0 Å². The third kappa shape index (κ3) is 3.57. The Morgan fingerprint density at radius 1 is 1.46 bits per heavy atom. The van der Waals surface area contributed by atoms with Crippen molar-refractivity contribution in [2.75, 3.05) is 12.8 Å². The minimum atomic E-state index is -3.14. The molecule has 0 bridgehead atoms. The summed E-state index contributed by atoms with van der Waals surface area (Å²) >= 11 is 0. The van der Waals surface area contributed by atoms with Crippen molar-refractivity contribution in [2.24, 2.45) is 0 Å². The Balaban J connectivity index is 2.74. The number of nitrogens with one attached hydrogen (secondary N) is 1. The van der Waals surface area contributed by atoms with E-state index in [9.17, 15) is 8.42 Å².